The highest BCUT2D eigenvalue weighted by molar-refractivity contribution is 5.80. The van der Waals surface area contributed by atoms with Crippen molar-refractivity contribution in [2.24, 2.45) is 5.92 Å². The van der Waals surface area contributed by atoms with E-state index >= 15 is 0 Å². The summed E-state index contributed by atoms with van der Waals surface area (Å²) in [4.78, 5) is 4.17. The first-order valence-electron chi connectivity index (χ1n) is 8.27. The van der Waals surface area contributed by atoms with E-state index in [1.165, 1.54) is 18.5 Å². The lowest BCUT2D eigenvalue weighted by molar-refractivity contribution is -0.0521. The number of ether oxygens (including phenoxy) is 1. The van der Waals surface area contributed by atoms with E-state index in [0.717, 1.165) is 16.8 Å². The Labute approximate surface area is 150 Å². The molecule has 2 heterocycles. The van der Waals surface area contributed by atoms with Crippen molar-refractivity contribution in [1.82, 2.24) is 14.8 Å². The van der Waals surface area contributed by atoms with Gasteiger partial charge in [-0.15, -0.1) is 0 Å². The fourth-order valence-corrected chi connectivity index (χ4v) is 2.91. The number of aromatic nitrogens is 3. The first kappa shape index (κ1) is 17.7. The van der Waals surface area contributed by atoms with Crippen LogP contribution in [0.2, 0.25) is 0 Å². The van der Waals surface area contributed by atoms with Gasteiger partial charge in [-0.2, -0.15) is 13.9 Å². The number of nitrogens with zero attached hydrogens (tertiary/aromatic N) is 3. The molecule has 0 spiro atoms. The highest BCUT2D eigenvalue weighted by Gasteiger charge is 2.47. The topological polar surface area (TPSA) is 39.9 Å². The maximum Gasteiger partial charge on any atom is 0.387 e. The number of rotatable bonds is 6. The molecule has 1 fully saturated rings. The van der Waals surface area contributed by atoms with Gasteiger partial charge in [0.2, 0.25) is 0 Å². The minimum absolute atomic E-state index is 0.375. The molecule has 3 aromatic rings. The van der Waals surface area contributed by atoms with Crippen molar-refractivity contribution in [3.05, 3.63) is 42.5 Å². The molecule has 142 valence electrons. The van der Waals surface area contributed by atoms with Gasteiger partial charge in [0.1, 0.15) is 17.6 Å². The fourth-order valence-electron chi connectivity index (χ4n) is 2.91. The van der Waals surface area contributed by atoms with Crippen LogP contribution in [0.25, 0.3) is 22.2 Å². The molecule has 0 atom stereocenters. The van der Waals surface area contributed by atoms with Crippen molar-refractivity contribution in [2.45, 2.75) is 31.9 Å². The molecule has 2 aromatic heterocycles. The van der Waals surface area contributed by atoms with Crippen molar-refractivity contribution in [3.8, 4) is 16.9 Å². The van der Waals surface area contributed by atoms with Crippen LogP contribution in [-0.4, -0.2) is 27.3 Å². The molecule has 0 saturated heterocycles. The van der Waals surface area contributed by atoms with E-state index in [1.807, 2.05) is 0 Å². The Morgan fingerprint density at radius 3 is 2.63 bits per heavy atom. The van der Waals surface area contributed by atoms with Crippen molar-refractivity contribution < 1.29 is 26.7 Å². The molecule has 0 bridgehead atoms. The maximum absolute atomic E-state index is 14.0. The van der Waals surface area contributed by atoms with Crippen molar-refractivity contribution in [1.29, 1.82) is 0 Å². The number of alkyl halides is 4. The summed E-state index contributed by atoms with van der Waals surface area (Å²) in [6.07, 6.45) is 3.91. The summed E-state index contributed by atoms with van der Waals surface area (Å²) in [5, 5.41) is 4.13. The molecule has 0 unspecified atom stereocenters. The van der Waals surface area contributed by atoms with Gasteiger partial charge in [0.25, 0.3) is 5.92 Å². The van der Waals surface area contributed by atoms with Crippen LogP contribution in [0, 0.1) is 11.7 Å². The molecule has 1 saturated carbocycles. The van der Waals surface area contributed by atoms with Gasteiger partial charge >= 0.3 is 6.61 Å². The Hall–Kier alpha value is -2.71. The molecule has 27 heavy (non-hydrogen) atoms. The van der Waals surface area contributed by atoms with E-state index in [4.69, 9.17) is 0 Å². The van der Waals surface area contributed by atoms with Crippen molar-refractivity contribution in [3.63, 3.8) is 0 Å². The van der Waals surface area contributed by atoms with Crippen LogP contribution in [0.4, 0.5) is 22.0 Å². The highest BCUT2D eigenvalue weighted by Crippen LogP contribution is 2.44. The van der Waals surface area contributed by atoms with Gasteiger partial charge in [0.05, 0.1) is 6.20 Å². The van der Waals surface area contributed by atoms with Gasteiger partial charge in [-0.1, -0.05) is 6.07 Å². The molecule has 4 nitrogen and oxygen atoms in total. The molecule has 1 aromatic carbocycles. The number of fused-ring (bicyclic) bond motifs is 1. The lowest BCUT2D eigenvalue weighted by Gasteiger charge is -2.14. The monoisotopic (exact) mass is 383 g/mol. The normalized spacial score (nSPS) is 14.9. The van der Waals surface area contributed by atoms with Crippen LogP contribution in [0.5, 0.6) is 5.75 Å². The Balaban J connectivity index is 1.63. The smallest absolute Gasteiger partial charge is 0.387 e. The average molecular weight is 383 g/mol. The molecule has 1 aliphatic rings. The van der Waals surface area contributed by atoms with Gasteiger partial charge in [-0.05, 0) is 36.6 Å². The summed E-state index contributed by atoms with van der Waals surface area (Å²) in [6, 6.07) is 5.09. The summed E-state index contributed by atoms with van der Waals surface area (Å²) in [6.45, 7) is -3.68. The number of halogens is 5. The number of benzene rings is 1. The van der Waals surface area contributed by atoms with Crippen LogP contribution < -0.4 is 4.74 Å². The zero-order chi connectivity index (χ0) is 19.2. The minimum Gasteiger partial charge on any atom is -0.432 e. The second-order valence-electron chi connectivity index (χ2n) is 6.51. The molecular formula is C18H14F5N3O. The Morgan fingerprint density at radius 2 is 1.93 bits per heavy atom. The molecule has 0 aliphatic heterocycles. The average Bonchev–Trinajstić information content (AvgIpc) is 3.38. The zero-order valence-corrected chi connectivity index (χ0v) is 13.9. The third-order valence-electron chi connectivity index (χ3n) is 4.43. The molecule has 4 rings (SSSR count). The third-order valence-corrected chi connectivity index (χ3v) is 4.43. The second kappa shape index (κ2) is 6.47. The summed E-state index contributed by atoms with van der Waals surface area (Å²) in [7, 11) is 0. The van der Waals surface area contributed by atoms with Crippen LogP contribution in [0.15, 0.2) is 36.7 Å². The number of hydrogen-bond donors (Lipinski definition) is 0. The summed E-state index contributed by atoms with van der Waals surface area (Å²) in [5.41, 5.74) is 1.66. The molecule has 0 N–H and O–H groups in total. The third kappa shape index (κ3) is 3.72. The van der Waals surface area contributed by atoms with Gasteiger partial charge < -0.3 is 4.74 Å². The lowest BCUT2D eigenvalue weighted by Crippen LogP contribution is -2.26. The van der Waals surface area contributed by atoms with E-state index in [1.54, 1.807) is 6.07 Å². The summed E-state index contributed by atoms with van der Waals surface area (Å²) in [5.74, 6) is -4.92. The lowest BCUT2D eigenvalue weighted by atomic mass is 10.1. The minimum atomic E-state index is -3.15. The van der Waals surface area contributed by atoms with Crippen LogP contribution in [0.1, 0.15) is 12.8 Å². The molecule has 9 heteroatoms. The largest absolute Gasteiger partial charge is 0.432 e. The Morgan fingerprint density at radius 1 is 1.15 bits per heavy atom. The van der Waals surface area contributed by atoms with Crippen LogP contribution >= 0.6 is 0 Å². The van der Waals surface area contributed by atoms with E-state index in [0.29, 0.717) is 35.0 Å². The standard InChI is InChI=1S/C18H14F5N3O/c19-13-4-1-10(6-16(13)27-17(20)21)11-5-14-15(24-7-11)8-26(25-14)9-18(22,23)12-2-3-12/h1,4-8,12,17H,2-3,9H2. The fraction of sp³-hybridized carbons (Fsp3) is 0.333. The van der Waals surface area contributed by atoms with Gasteiger partial charge in [0, 0.05) is 17.7 Å². The van der Waals surface area contributed by atoms with E-state index < -0.39 is 36.6 Å². The highest BCUT2D eigenvalue weighted by atomic mass is 19.3. The van der Waals surface area contributed by atoms with Gasteiger partial charge in [-0.3, -0.25) is 9.67 Å². The molecule has 1 aliphatic carbocycles. The van der Waals surface area contributed by atoms with E-state index in [-0.39, 0.29) is 0 Å². The number of pyridine rings is 1. The Kier molecular flexibility index (Phi) is 4.24. The Bertz CT molecular complexity index is 984. The molecule has 0 amide bonds. The summed E-state index contributed by atoms with van der Waals surface area (Å²) < 4.78 is 71.5. The predicted molar refractivity (Wildman–Crippen MR) is 87.2 cm³/mol. The van der Waals surface area contributed by atoms with Crippen LogP contribution in [0.3, 0.4) is 0 Å². The first-order valence-corrected chi connectivity index (χ1v) is 8.27. The zero-order valence-electron chi connectivity index (χ0n) is 13.9. The number of hydrogen-bond acceptors (Lipinski definition) is 3. The van der Waals surface area contributed by atoms with Gasteiger partial charge in [0.15, 0.2) is 11.6 Å². The predicted octanol–water partition coefficient (Wildman–Crippen LogP) is 4.88. The van der Waals surface area contributed by atoms with Crippen LogP contribution in [-0.2, 0) is 6.54 Å². The summed E-state index contributed by atoms with van der Waals surface area (Å²) >= 11 is 0. The second-order valence-corrected chi connectivity index (χ2v) is 6.51. The maximum atomic E-state index is 14.0. The van der Waals surface area contributed by atoms with Crippen molar-refractivity contribution >= 4 is 11.0 Å². The van der Waals surface area contributed by atoms with Gasteiger partial charge in [-0.25, -0.2) is 13.2 Å². The first-order chi connectivity index (χ1) is 12.8. The van der Waals surface area contributed by atoms with E-state index in [2.05, 4.69) is 14.8 Å². The SMILES string of the molecule is Fc1ccc(-c2cnc3cn(CC(F)(F)C4CC4)nc3c2)cc1OC(F)F. The quantitative estimate of drug-likeness (QED) is 0.570. The van der Waals surface area contributed by atoms with Crippen molar-refractivity contribution in [2.75, 3.05) is 0 Å². The molecule has 0 radical (unpaired) electrons. The molecular weight excluding hydrogens is 369 g/mol. The van der Waals surface area contributed by atoms with E-state index in [9.17, 15) is 22.0 Å².